The highest BCUT2D eigenvalue weighted by molar-refractivity contribution is 5.91. The zero-order valence-electron chi connectivity index (χ0n) is 12.9. The molecule has 0 atom stereocenters. The van der Waals surface area contributed by atoms with Gasteiger partial charge in [-0.15, -0.1) is 0 Å². The van der Waals surface area contributed by atoms with Crippen molar-refractivity contribution in [1.82, 2.24) is 10.2 Å². The van der Waals surface area contributed by atoms with Gasteiger partial charge in [-0.25, -0.2) is 0 Å². The largest absolute Gasteiger partial charge is 0.379 e. The smallest absolute Gasteiger partial charge is 0.226 e. The maximum Gasteiger partial charge on any atom is 0.226 e. The summed E-state index contributed by atoms with van der Waals surface area (Å²) in [6.45, 7) is 5.92. The standard InChI is InChI=1S/C16H23N3O3/c1-13(20)17-7-6-16(21)18-15-5-3-2-4-14(15)12-19-8-10-22-11-9-19/h2-5H,6-12H2,1H3,(H,17,20)(H,18,21). The number of hydrogen-bond acceptors (Lipinski definition) is 4. The van der Waals surface area contributed by atoms with Crippen LogP contribution in [-0.4, -0.2) is 49.6 Å². The number of anilines is 1. The van der Waals surface area contributed by atoms with Gasteiger partial charge in [0.2, 0.25) is 11.8 Å². The minimum Gasteiger partial charge on any atom is -0.379 e. The second-order valence-corrected chi connectivity index (χ2v) is 5.33. The molecule has 1 aromatic carbocycles. The topological polar surface area (TPSA) is 70.7 Å². The Kier molecular flexibility index (Phi) is 6.36. The number of para-hydroxylation sites is 1. The van der Waals surface area contributed by atoms with Crippen molar-refractivity contribution in [3.63, 3.8) is 0 Å². The molecule has 22 heavy (non-hydrogen) atoms. The van der Waals surface area contributed by atoms with Gasteiger partial charge >= 0.3 is 0 Å². The average Bonchev–Trinajstić information content (AvgIpc) is 2.50. The van der Waals surface area contributed by atoms with E-state index in [4.69, 9.17) is 4.74 Å². The van der Waals surface area contributed by atoms with Crippen molar-refractivity contribution in [2.75, 3.05) is 38.2 Å². The molecule has 1 aliphatic heterocycles. The van der Waals surface area contributed by atoms with Crippen LogP contribution < -0.4 is 10.6 Å². The van der Waals surface area contributed by atoms with Crippen LogP contribution in [0, 0.1) is 0 Å². The lowest BCUT2D eigenvalue weighted by molar-refractivity contribution is -0.119. The Bertz CT molecular complexity index is 513. The van der Waals surface area contributed by atoms with Crippen LogP contribution >= 0.6 is 0 Å². The fourth-order valence-electron chi connectivity index (χ4n) is 2.35. The van der Waals surface area contributed by atoms with Gasteiger partial charge in [0.1, 0.15) is 0 Å². The summed E-state index contributed by atoms with van der Waals surface area (Å²) < 4.78 is 5.35. The molecule has 0 saturated carbocycles. The van der Waals surface area contributed by atoms with E-state index in [0.717, 1.165) is 44.1 Å². The number of ether oxygens (including phenoxy) is 1. The summed E-state index contributed by atoms with van der Waals surface area (Å²) in [7, 11) is 0. The van der Waals surface area contributed by atoms with Crippen molar-refractivity contribution in [3.8, 4) is 0 Å². The first-order chi connectivity index (χ1) is 10.6. The number of benzene rings is 1. The fraction of sp³-hybridized carbons (Fsp3) is 0.500. The Hall–Kier alpha value is -1.92. The van der Waals surface area contributed by atoms with Gasteiger partial charge < -0.3 is 15.4 Å². The summed E-state index contributed by atoms with van der Waals surface area (Å²) in [5.41, 5.74) is 1.93. The summed E-state index contributed by atoms with van der Waals surface area (Å²) in [5, 5.41) is 5.55. The minimum absolute atomic E-state index is 0.0943. The molecular weight excluding hydrogens is 282 g/mol. The molecule has 120 valence electrons. The summed E-state index contributed by atoms with van der Waals surface area (Å²) >= 11 is 0. The van der Waals surface area contributed by atoms with Crippen LogP contribution in [0.25, 0.3) is 0 Å². The molecule has 0 aromatic heterocycles. The number of amides is 2. The third kappa shape index (κ3) is 5.46. The van der Waals surface area contributed by atoms with E-state index in [1.165, 1.54) is 6.92 Å². The highest BCUT2D eigenvalue weighted by atomic mass is 16.5. The predicted octanol–water partition coefficient (Wildman–Crippen LogP) is 0.983. The van der Waals surface area contributed by atoms with Crippen LogP contribution in [0.15, 0.2) is 24.3 Å². The number of nitrogens with one attached hydrogen (secondary N) is 2. The third-order valence-corrected chi connectivity index (χ3v) is 3.52. The van der Waals surface area contributed by atoms with Crippen molar-refractivity contribution in [3.05, 3.63) is 29.8 Å². The maximum absolute atomic E-state index is 11.9. The Morgan fingerprint density at radius 3 is 2.68 bits per heavy atom. The van der Waals surface area contributed by atoms with E-state index in [2.05, 4.69) is 15.5 Å². The fourth-order valence-corrected chi connectivity index (χ4v) is 2.35. The number of carbonyl (C=O) groups excluding carboxylic acids is 2. The van der Waals surface area contributed by atoms with Crippen LogP contribution in [0.2, 0.25) is 0 Å². The van der Waals surface area contributed by atoms with E-state index >= 15 is 0 Å². The SMILES string of the molecule is CC(=O)NCCC(=O)Nc1ccccc1CN1CCOCC1. The van der Waals surface area contributed by atoms with Crippen molar-refractivity contribution in [2.45, 2.75) is 19.9 Å². The molecule has 2 N–H and O–H groups in total. The van der Waals surface area contributed by atoms with Crippen molar-refractivity contribution < 1.29 is 14.3 Å². The van der Waals surface area contributed by atoms with Crippen molar-refractivity contribution in [1.29, 1.82) is 0 Å². The highest BCUT2D eigenvalue weighted by Crippen LogP contribution is 2.18. The summed E-state index contributed by atoms with van der Waals surface area (Å²) in [6.07, 6.45) is 0.269. The molecule has 1 saturated heterocycles. The predicted molar refractivity (Wildman–Crippen MR) is 84.5 cm³/mol. The lowest BCUT2D eigenvalue weighted by Crippen LogP contribution is -2.35. The van der Waals surface area contributed by atoms with Gasteiger partial charge in [-0.1, -0.05) is 18.2 Å². The first kappa shape index (κ1) is 16.5. The zero-order chi connectivity index (χ0) is 15.8. The molecule has 1 fully saturated rings. The number of rotatable bonds is 6. The highest BCUT2D eigenvalue weighted by Gasteiger charge is 2.13. The Labute approximate surface area is 130 Å². The molecule has 6 heteroatoms. The van der Waals surface area contributed by atoms with Gasteiger partial charge in [0.15, 0.2) is 0 Å². The van der Waals surface area contributed by atoms with E-state index in [1.807, 2.05) is 24.3 Å². The van der Waals surface area contributed by atoms with E-state index < -0.39 is 0 Å². The van der Waals surface area contributed by atoms with Gasteiger partial charge in [-0.05, 0) is 11.6 Å². The van der Waals surface area contributed by atoms with E-state index in [1.54, 1.807) is 0 Å². The van der Waals surface area contributed by atoms with Crippen molar-refractivity contribution >= 4 is 17.5 Å². The molecule has 0 spiro atoms. The Morgan fingerprint density at radius 1 is 1.23 bits per heavy atom. The molecule has 0 radical (unpaired) electrons. The van der Waals surface area contributed by atoms with Crippen LogP contribution in [0.4, 0.5) is 5.69 Å². The van der Waals surface area contributed by atoms with Crippen LogP contribution in [0.1, 0.15) is 18.9 Å². The molecule has 2 rings (SSSR count). The second kappa shape index (κ2) is 8.51. The van der Waals surface area contributed by atoms with Crippen LogP contribution in [0.3, 0.4) is 0 Å². The first-order valence-electron chi connectivity index (χ1n) is 7.57. The monoisotopic (exact) mass is 305 g/mol. The molecule has 0 bridgehead atoms. The minimum atomic E-state index is -0.125. The Balaban J connectivity index is 1.89. The maximum atomic E-state index is 11.9. The van der Waals surface area contributed by atoms with Gasteiger partial charge in [0.05, 0.1) is 13.2 Å². The summed E-state index contributed by atoms with van der Waals surface area (Å²) in [4.78, 5) is 25.1. The average molecular weight is 305 g/mol. The quantitative estimate of drug-likeness (QED) is 0.822. The van der Waals surface area contributed by atoms with Crippen LogP contribution in [-0.2, 0) is 20.9 Å². The third-order valence-electron chi connectivity index (χ3n) is 3.52. The summed E-state index contributed by atoms with van der Waals surface area (Å²) in [6, 6.07) is 7.82. The molecule has 0 unspecified atom stereocenters. The molecular formula is C16H23N3O3. The van der Waals surface area contributed by atoms with Gasteiger partial charge in [0.25, 0.3) is 0 Å². The number of nitrogens with zero attached hydrogens (tertiary/aromatic N) is 1. The molecule has 1 heterocycles. The van der Waals surface area contributed by atoms with E-state index in [9.17, 15) is 9.59 Å². The van der Waals surface area contributed by atoms with Gasteiger partial charge in [0, 0.05) is 45.2 Å². The van der Waals surface area contributed by atoms with Crippen LogP contribution in [0.5, 0.6) is 0 Å². The summed E-state index contributed by atoms with van der Waals surface area (Å²) in [5.74, 6) is -0.219. The lowest BCUT2D eigenvalue weighted by Gasteiger charge is -2.27. The second-order valence-electron chi connectivity index (χ2n) is 5.33. The van der Waals surface area contributed by atoms with Crippen molar-refractivity contribution in [2.24, 2.45) is 0 Å². The Morgan fingerprint density at radius 2 is 1.95 bits per heavy atom. The zero-order valence-corrected chi connectivity index (χ0v) is 12.9. The first-order valence-corrected chi connectivity index (χ1v) is 7.57. The van der Waals surface area contributed by atoms with E-state index in [-0.39, 0.29) is 18.2 Å². The number of morpholine rings is 1. The number of hydrogen-bond donors (Lipinski definition) is 2. The lowest BCUT2D eigenvalue weighted by atomic mass is 10.1. The number of carbonyl (C=O) groups is 2. The normalized spacial score (nSPS) is 15.3. The molecule has 6 nitrogen and oxygen atoms in total. The molecule has 0 aliphatic carbocycles. The van der Waals surface area contributed by atoms with Gasteiger partial charge in [-0.3, -0.25) is 14.5 Å². The molecule has 1 aromatic rings. The van der Waals surface area contributed by atoms with Gasteiger partial charge in [-0.2, -0.15) is 0 Å². The molecule has 2 amide bonds. The molecule has 1 aliphatic rings. The van der Waals surface area contributed by atoms with E-state index in [0.29, 0.717) is 6.54 Å².